The average Bonchev–Trinajstić information content (AvgIpc) is 2.31. The number of nitrogens with zero attached hydrogens (tertiary/aromatic N) is 3. The highest BCUT2D eigenvalue weighted by molar-refractivity contribution is 5.52. The third-order valence-corrected chi connectivity index (χ3v) is 2.11. The van der Waals surface area contributed by atoms with Gasteiger partial charge in [-0.1, -0.05) is 13.0 Å². The summed E-state index contributed by atoms with van der Waals surface area (Å²) < 4.78 is 0. The van der Waals surface area contributed by atoms with Crippen molar-refractivity contribution in [3.63, 3.8) is 0 Å². The summed E-state index contributed by atoms with van der Waals surface area (Å²) in [6, 6.07) is 7.71. The summed E-state index contributed by atoms with van der Waals surface area (Å²) in [5.74, 6) is 0.889. The fourth-order valence-electron chi connectivity index (χ4n) is 1.40. The molecule has 0 amide bonds. The summed E-state index contributed by atoms with van der Waals surface area (Å²) in [4.78, 5) is 12.9. The molecule has 15 heavy (non-hydrogen) atoms. The van der Waals surface area contributed by atoms with Gasteiger partial charge in [-0.05, 0) is 24.6 Å². The van der Waals surface area contributed by atoms with Gasteiger partial charge in [-0.15, -0.1) is 0 Å². The topological polar surface area (TPSA) is 38.7 Å². The molecule has 0 bridgehead atoms. The number of hydrogen-bond acceptors (Lipinski definition) is 3. The Morgan fingerprint density at radius 3 is 2.67 bits per heavy atom. The predicted octanol–water partition coefficient (Wildman–Crippen LogP) is 2.49. The lowest BCUT2D eigenvalue weighted by Gasteiger charge is -2.01. The lowest BCUT2D eigenvalue weighted by molar-refractivity contribution is 0.835. The maximum atomic E-state index is 4.46. The molecule has 0 aliphatic rings. The van der Waals surface area contributed by atoms with Gasteiger partial charge in [-0.2, -0.15) is 0 Å². The molecule has 0 fully saturated rings. The predicted molar refractivity (Wildman–Crippen MR) is 59.3 cm³/mol. The number of aryl methyl sites for hydroxylation is 1. The van der Waals surface area contributed by atoms with Gasteiger partial charge in [0, 0.05) is 18.8 Å². The third-order valence-electron chi connectivity index (χ3n) is 2.11. The second-order valence-corrected chi connectivity index (χ2v) is 3.32. The van der Waals surface area contributed by atoms with Gasteiger partial charge in [0.1, 0.15) is 5.82 Å². The Hall–Kier alpha value is -1.77. The molecule has 0 atom stereocenters. The Balaban J connectivity index is 2.33. The number of pyridine rings is 1. The number of hydrogen-bond donors (Lipinski definition) is 0. The maximum Gasteiger partial charge on any atom is 0.129 e. The van der Waals surface area contributed by atoms with E-state index in [4.69, 9.17) is 0 Å². The van der Waals surface area contributed by atoms with Gasteiger partial charge in [0.2, 0.25) is 0 Å². The zero-order valence-corrected chi connectivity index (χ0v) is 8.72. The van der Waals surface area contributed by atoms with Crippen LogP contribution in [-0.2, 0) is 6.42 Å². The quantitative estimate of drug-likeness (QED) is 0.762. The van der Waals surface area contributed by atoms with Crippen LogP contribution in [0.4, 0.5) is 0 Å². The summed E-state index contributed by atoms with van der Waals surface area (Å²) in [6.45, 7) is 2.12. The van der Waals surface area contributed by atoms with E-state index < -0.39 is 0 Å². The molecule has 2 aromatic heterocycles. The van der Waals surface area contributed by atoms with Crippen molar-refractivity contribution in [2.75, 3.05) is 0 Å². The van der Waals surface area contributed by atoms with Crippen molar-refractivity contribution in [2.24, 2.45) is 0 Å². The Morgan fingerprint density at radius 2 is 1.93 bits per heavy atom. The summed E-state index contributed by atoms with van der Waals surface area (Å²) >= 11 is 0. The van der Waals surface area contributed by atoms with E-state index in [9.17, 15) is 0 Å². The van der Waals surface area contributed by atoms with Crippen LogP contribution in [0.5, 0.6) is 0 Å². The van der Waals surface area contributed by atoms with Crippen LogP contribution < -0.4 is 0 Å². The monoisotopic (exact) mass is 199 g/mol. The van der Waals surface area contributed by atoms with Crippen LogP contribution >= 0.6 is 0 Å². The molecule has 0 unspecified atom stereocenters. The van der Waals surface area contributed by atoms with Gasteiger partial charge in [0.15, 0.2) is 0 Å². The van der Waals surface area contributed by atoms with E-state index in [1.54, 1.807) is 12.4 Å². The van der Waals surface area contributed by atoms with Crippen LogP contribution in [0.15, 0.2) is 36.7 Å². The van der Waals surface area contributed by atoms with Gasteiger partial charge < -0.3 is 0 Å². The minimum atomic E-state index is 0.889. The molecule has 0 N–H and O–H groups in total. The molecule has 2 heterocycles. The Labute approximate surface area is 89.2 Å². The molecule has 0 aliphatic heterocycles. The van der Waals surface area contributed by atoms with Crippen molar-refractivity contribution in [3.8, 4) is 11.4 Å². The van der Waals surface area contributed by atoms with E-state index in [0.29, 0.717) is 0 Å². The van der Waals surface area contributed by atoms with E-state index in [1.165, 1.54) is 0 Å². The van der Waals surface area contributed by atoms with E-state index in [2.05, 4.69) is 21.9 Å². The summed E-state index contributed by atoms with van der Waals surface area (Å²) in [5.41, 5.74) is 1.80. The number of rotatable bonds is 3. The van der Waals surface area contributed by atoms with Crippen LogP contribution in [0.25, 0.3) is 11.4 Å². The first-order valence-electron chi connectivity index (χ1n) is 5.13. The average molecular weight is 199 g/mol. The van der Waals surface area contributed by atoms with Gasteiger partial charge in [0.25, 0.3) is 0 Å². The Bertz CT molecular complexity index is 426. The van der Waals surface area contributed by atoms with Crippen LogP contribution in [0.1, 0.15) is 19.2 Å². The highest BCUT2D eigenvalue weighted by Gasteiger charge is 2.01. The van der Waals surface area contributed by atoms with Crippen molar-refractivity contribution in [1.82, 2.24) is 15.0 Å². The third kappa shape index (κ3) is 2.37. The molecule has 0 spiro atoms. The van der Waals surface area contributed by atoms with Crippen LogP contribution in [0, 0.1) is 0 Å². The van der Waals surface area contributed by atoms with E-state index in [-0.39, 0.29) is 0 Å². The van der Waals surface area contributed by atoms with Crippen LogP contribution in [0.2, 0.25) is 0 Å². The lowest BCUT2D eigenvalue weighted by Crippen LogP contribution is -1.96. The van der Waals surface area contributed by atoms with Crippen molar-refractivity contribution < 1.29 is 0 Å². The molecule has 0 saturated heterocycles. The second kappa shape index (κ2) is 4.64. The zero-order valence-electron chi connectivity index (χ0n) is 8.72. The van der Waals surface area contributed by atoms with E-state index >= 15 is 0 Å². The minimum absolute atomic E-state index is 0.889. The summed E-state index contributed by atoms with van der Waals surface area (Å²) in [7, 11) is 0. The van der Waals surface area contributed by atoms with Crippen molar-refractivity contribution in [1.29, 1.82) is 0 Å². The van der Waals surface area contributed by atoms with Crippen LogP contribution in [-0.4, -0.2) is 15.0 Å². The molecule has 0 aromatic carbocycles. The fraction of sp³-hybridized carbons (Fsp3) is 0.250. The molecule has 3 heteroatoms. The van der Waals surface area contributed by atoms with Crippen molar-refractivity contribution in [3.05, 3.63) is 42.5 Å². The molecule has 2 rings (SSSR count). The highest BCUT2D eigenvalue weighted by atomic mass is 14.9. The standard InChI is InChI=1S/C12H13N3/c1-2-5-12-14-9-7-11(15-12)10-6-3-4-8-13-10/h3-4,6-9H,2,5H2,1H3. The Morgan fingerprint density at radius 1 is 1.00 bits per heavy atom. The first-order chi connectivity index (χ1) is 7.40. The van der Waals surface area contributed by atoms with Gasteiger partial charge in [0.05, 0.1) is 11.4 Å². The molecule has 0 radical (unpaired) electrons. The van der Waals surface area contributed by atoms with E-state index in [0.717, 1.165) is 30.1 Å². The fourth-order valence-corrected chi connectivity index (χ4v) is 1.40. The first kappa shape index (κ1) is 9.77. The normalized spacial score (nSPS) is 10.2. The van der Waals surface area contributed by atoms with Gasteiger partial charge in [-0.3, -0.25) is 4.98 Å². The van der Waals surface area contributed by atoms with E-state index in [1.807, 2.05) is 24.3 Å². The SMILES string of the molecule is CCCc1nccc(-c2ccccn2)n1. The summed E-state index contributed by atoms with van der Waals surface area (Å²) in [5, 5.41) is 0. The molecular weight excluding hydrogens is 186 g/mol. The molecule has 0 saturated carbocycles. The largest absolute Gasteiger partial charge is 0.255 e. The Kier molecular flexibility index (Phi) is 3.02. The lowest BCUT2D eigenvalue weighted by atomic mass is 10.2. The van der Waals surface area contributed by atoms with Crippen LogP contribution in [0.3, 0.4) is 0 Å². The molecule has 0 aliphatic carbocycles. The van der Waals surface area contributed by atoms with Gasteiger partial charge in [-0.25, -0.2) is 9.97 Å². The number of aromatic nitrogens is 3. The molecule has 76 valence electrons. The second-order valence-electron chi connectivity index (χ2n) is 3.32. The van der Waals surface area contributed by atoms with Crippen molar-refractivity contribution in [2.45, 2.75) is 19.8 Å². The van der Waals surface area contributed by atoms with Gasteiger partial charge >= 0.3 is 0 Å². The molecule has 2 aromatic rings. The highest BCUT2D eigenvalue weighted by Crippen LogP contribution is 2.12. The molecular formula is C12H13N3. The first-order valence-corrected chi connectivity index (χ1v) is 5.13. The minimum Gasteiger partial charge on any atom is -0.255 e. The summed E-state index contributed by atoms with van der Waals surface area (Å²) in [6.07, 6.45) is 5.55. The smallest absolute Gasteiger partial charge is 0.129 e. The van der Waals surface area contributed by atoms with Crippen molar-refractivity contribution >= 4 is 0 Å². The molecule has 3 nitrogen and oxygen atoms in total. The zero-order chi connectivity index (χ0) is 10.5. The maximum absolute atomic E-state index is 4.46.